The van der Waals surface area contributed by atoms with Crippen molar-refractivity contribution in [2.24, 2.45) is 5.92 Å². The van der Waals surface area contributed by atoms with Crippen molar-refractivity contribution in [2.75, 3.05) is 18.1 Å². The number of benzene rings is 2. The molecule has 3 amide bonds. The highest BCUT2D eigenvalue weighted by atomic mass is 16.5. The van der Waals surface area contributed by atoms with Crippen molar-refractivity contribution in [2.45, 2.75) is 32.6 Å². The number of nitrogens with one attached hydrogen (secondary N) is 1. The highest BCUT2D eigenvalue weighted by Crippen LogP contribution is 2.33. The first-order valence-corrected chi connectivity index (χ1v) is 10.4. The maximum atomic E-state index is 12.6. The molecule has 2 atom stereocenters. The monoisotopic (exact) mass is 422 g/mol. The number of carbonyl (C=O) groups excluding carboxylic acids is 4. The van der Waals surface area contributed by atoms with Crippen LogP contribution in [0.5, 0.6) is 0 Å². The molecule has 7 heteroatoms. The molecule has 31 heavy (non-hydrogen) atoms. The summed E-state index contributed by atoms with van der Waals surface area (Å²) in [6.07, 6.45) is 0.958. The van der Waals surface area contributed by atoms with Crippen LogP contribution in [0.25, 0.3) is 0 Å². The second kappa shape index (κ2) is 10.0. The van der Waals surface area contributed by atoms with Crippen molar-refractivity contribution in [3.8, 4) is 0 Å². The van der Waals surface area contributed by atoms with Gasteiger partial charge in [0.2, 0.25) is 5.91 Å². The number of amides is 3. The molecule has 1 aliphatic heterocycles. The number of nitrogens with zero attached hydrogens (tertiary/aromatic N) is 1. The summed E-state index contributed by atoms with van der Waals surface area (Å²) in [5, 5.41) is 2.18. The molecule has 2 aromatic carbocycles. The molecule has 1 saturated heterocycles. The maximum Gasteiger partial charge on any atom is 0.311 e. The van der Waals surface area contributed by atoms with E-state index in [0.717, 1.165) is 17.7 Å². The minimum absolute atomic E-state index is 0.0260. The summed E-state index contributed by atoms with van der Waals surface area (Å²) in [5.41, 5.74) is 2.20. The van der Waals surface area contributed by atoms with Crippen LogP contribution in [0, 0.1) is 5.92 Å². The Hall–Kier alpha value is -3.48. The van der Waals surface area contributed by atoms with Gasteiger partial charge in [0.15, 0.2) is 6.61 Å². The van der Waals surface area contributed by atoms with Crippen molar-refractivity contribution in [1.29, 1.82) is 0 Å². The zero-order valence-electron chi connectivity index (χ0n) is 17.7. The zero-order chi connectivity index (χ0) is 22.4. The predicted octanol–water partition coefficient (Wildman–Crippen LogP) is 3.05. The topological polar surface area (TPSA) is 92.8 Å². The number of imide groups is 1. The van der Waals surface area contributed by atoms with Crippen LogP contribution in [-0.2, 0) is 19.1 Å². The Morgan fingerprint density at radius 3 is 2.48 bits per heavy atom. The van der Waals surface area contributed by atoms with E-state index in [1.54, 1.807) is 35.2 Å². The average Bonchev–Trinajstić information content (AvgIpc) is 3.19. The van der Waals surface area contributed by atoms with E-state index in [4.69, 9.17) is 4.74 Å². The smallest absolute Gasteiger partial charge is 0.311 e. The van der Waals surface area contributed by atoms with Crippen LogP contribution in [0.1, 0.15) is 48.5 Å². The Kier molecular flexibility index (Phi) is 7.18. The molecule has 0 aliphatic carbocycles. The summed E-state index contributed by atoms with van der Waals surface area (Å²) >= 11 is 0. The van der Waals surface area contributed by atoms with Gasteiger partial charge in [-0.25, -0.2) is 0 Å². The lowest BCUT2D eigenvalue weighted by Gasteiger charge is -2.23. The normalized spacial score (nSPS) is 16.6. The van der Waals surface area contributed by atoms with Crippen LogP contribution >= 0.6 is 0 Å². The Bertz CT molecular complexity index is 973. The molecule has 162 valence electrons. The first-order valence-electron chi connectivity index (χ1n) is 10.4. The third-order valence-corrected chi connectivity index (χ3v) is 5.46. The van der Waals surface area contributed by atoms with E-state index >= 15 is 0 Å². The Morgan fingerprint density at radius 1 is 1.10 bits per heavy atom. The number of carbonyl (C=O) groups is 4. The minimum Gasteiger partial charge on any atom is -0.455 e. The molecule has 0 radical (unpaired) electrons. The number of hydrogen-bond acceptors (Lipinski definition) is 5. The molecule has 7 nitrogen and oxygen atoms in total. The summed E-state index contributed by atoms with van der Waals surface area (Å²) in [7, 11) is 0. The second-order valence-electron chi connectivity index (χ2n) is 7.62. The van der Waals surface area contributed by atoms with E-state index in [-0.39, 0.29) is 24.8 Å². The molecule has 1 aliphatic rings. The molecule has 3 rings (SSSR count). The maximum absolute atomic E-state index is 12.6. The van der Waals surface area contributed by atoms with Crippen LogP contribution in [0.3, 0.4) is 0 Å². The van der Waals surface area contributed by atoms with E-state index in [2.05, 4.69) is 19.2 Å². The van der Waals surface area contributed by atoms with Gasteiger partial charge in [0.25, 0.3) is 11.8 Å². The van der Waals surface area contributed by atoms with E-state index < -0.39 is 30.3 Å². The molecule has 0 spiro atoms. The van der Waals surface area contributed by atoms with Gasteiger partial charge in [-0.2, -0.15) is 0 Å². The number of esters is 1. The minimum atomic E-state index is -0.717. The first-order chi connectivity index (χ1) is 14.9. The highest BCUT2D eigenvalue weighted by Gasteiger charge is 2.37. The van der Waals surface area contributed by atoms with Gasteiger partial charge >= 0.3 is 5.97 Å². The van der Waals surface area contributed by atoms with Gasteiger partial charge < -0.3 is 9.64 Å². The molecule has 1 heterocycles. The Morgan fingerprint density at radius 2 is 1.77 bits per heavy atom. The molecule has 1 N–H and O–H groups in total. The van der Waals surface area contributed by atoms with Gasteiger partial charge in [-0.15, -0.1) is 0 Å². The van der Waals surface area contributed by atoms with Crippen molar-refractivity contribution in [3.05, 3.63) is 65.7 Å². The number of hydrogen-bond donors (Lipinski definition) is 1. The van der Waals surface area contributed by atoms with Gasteiger partial charge in [0.1, 0.15) is 0 Å². The zero-order valence-corrected chi connectivity index (χ0v) is 17.7. The first kappa shape index (κ1) is 22.2. The SMILES string of the molecule is CC[C@@H](C)c1ccccc1N1C[C@@H](C(=O)OCC(=O)NC(=O)c2ccccc2)CC1=O. The number of anilines is 1. The third kappa shape index (κ3) is 5.36. The quantitative estimate of drug-likeness (QED) is 0.693. The molecule has 0 bridgehead atoms. The third-order valence-electron chi connectivity index (χ3n) is 5.46. The molecule has 0 aromatic heterocycles. The number of rotatable bonds is 7. The fraction of sp³-hybridized carbons (Fsp3) is 0.333. The van der Waals surface area contributed by atoms with Crippen LogP contribution in [-0.4, -0.2) is 36.8 Å². The van der Waals surface area contributed by atoms with E-state index in [1.165, 1.54) is 0 Å². The van der Waals surface area contributed by atoms with E-state index in [0.29, 0.717) is 5.56 Å². The molecule has 2 aromatic rings. The van der Waals surface area contributed by atoms with Gasteiger partial charge in [0.05, 0.1) is 5.92 Å². The van der Waals surface area contributed by atoms with Crippen LogP contribution in [0.15, 0.2) is 54.6 Å². The number of para-hydroxylation sites is 1. The lowest BCUT2D eigenvalue weighted by molar-refractivity contribution is -0.152. The fourth-order valence-electron chi connectivity index (χ4n) is 3.55. The van der Waals surface area contributed by atoms with Gasteiger partial charge in [-0.1, -0.05) is 50.2 Å². The standard InChI is InChI=1S/C24H26N2O5/c1-3-16(2)19-11-7-8-12-20(19)26-14-18(13-22(26)28)24(30)31-15-21(27)25-23(29)17-9-5-4-6-10-17/h4-12,16,18H,3,13-15H2,1-2H3,(H,25,27,29)/t16-,18+/m1/s1. The lowest BCUT2D eigenvalue weighted by Crippen LogP contribution is -2.35. The van der Waals surface area contributed by atoms with Gasteiger partial charge in [-0.05, 0) is 36.1 Å². The molecular formula is C24H26N2O5. The van der Waals surface area contributed by atoms with Crippen molar-refractivity contribution in [1.82, 2.24) is 5.32 Å². The second-order valence-corrected chi connectivity index (χ2v) is 7.62. The van der Waals surface area contributed by atoms with Crippen molar-refractivity contribution in [3.63, 3.8) is 0 Å². The van der Waals surface area contributed by atoms with Crippen molar-refractivity contribution < 1.29 is 23.9 Å². The van der Waals surface area contributed by atoms with Crippen molar-refractivity contribution >= 4 is 29.4 Å². The molecule has 0 saturated carbocycles. The Labute approximate surface area is 181 Å². The molecule has 0 unspecified atom stereocenters. The Balaban J connectivity index is 1.56. The van der Waals surface area contributed by atoms with Crippen LogP contribution < -0.4 is 10.2 Å². The van der Waals surface area contributed by atoms with Crippen LogP contribution in [0.4, 0.5) is 5.69 Å². The summed E-state index contributed by atoms with van der Waals surface area (Å²) < 4.78 is 5.07. The predicted molar refractivity (Wildman–Crippen MR) is 115 cm³/mol. The summed E-state index contributed by atoms with van der Waals surface area (Å²) in [5.74, 6) is -2.44. The highest BCUT2D eigenvalue weighted by molar-refractivity contribution is 6.05. The van der Waals surface area contributed by atoms with E-state index in [1.807, 2.05) is 24.3 Å². The van der Waals surface area contributed by atoms with E-state index in [9.17, 15) is 19.2 Å². The molecular weight excluding hydrogens is 396 g/mol. The van der Waals surface area contributed by atoms with Gasteiger partial charge in [0, 0.05) is 24.2 Å². The average molecular weight is 422 g/mol. The summed E-state index contributed by atoms with van der Waals surface area (Å²) in [6, 6.07) is 16.0. The summed E-state index contributed by atoms with van der Waals surface area (Å²) in [4.78, 5) is 50.6. The molecule has 1 fully saturated rings. The lowest BCUT2D eigenvalue weighted by atomic mass is 9.96. The fourth-order valence-corrected chi connectivity index (χ4v) is 3.55. The number of ether oxygens (including phenoxy) is 1. The largest absolute Gasteiger partial charge is 0.455 e. The summed E-state index contributed by atoms with van der Waals surface area (Å²) in [6.45, 7) is 3.81. The van der Waals surface area contributed by atoms with Gasteiger partial charge in [-0.3, -0.25) is 24.5 Å². The van der Waals surface area contributed by atoms with Crippen LogP contribution in [0.2, 0.25) is 0 Å².